The van der Waals surface area contributed by atoms with Gasteiger partial charge in [0.1, 0.15) is 17.9 Å². The van der Waals surface area contributed by atoms with Gasteiger partial charge in [-0.05, 0) is 31.5 Å². The zero-order chi connectivity index (χ0) is 24.1. The van der Waals surface area contributed by atoms with Gasteiger partial charge in [-0.15, -0.1) is 0 Å². The van der Waals surface area contributed by atoms with E-state index in [-0.39, 0.29) is 36.0 Å². The zero-order valence-electron chi connectivity index (χ0n) is 19.2. The molecule has 10 heteroatoms. The van der Waals surface area contributed by atoms with Crippen LogP contribution in [0.5, 0.6) is 5.75 Å². The van der Waals surface area contributed by atoms with E-state index in [0.717, 1.165) is 0 Å². The van der Waals surface area contributed by atoms with Crippen LogP contribution in [-0.2, 0) is 14.3 Å². The summed E-state index contributed by atoms with van der Waals surface area (Å²) in [5.74, 6) is -0.355. The molecule has 2 heterocycles. The molecular formula is C23H27N3O7. The molecule has 1 aliphatic rings. The van der Waals surface area contributed by atoms with Crippen molar-refractivity contribution in [3.63, 3.8) is 0 Å². The van der Waals surface area contributed by atoms with Crippen LogP contribution in [0.1, 0.15) is 60.1 Å². The number of nitrogens with zero attached hydrogens (tertiary/aromatic N) is 1. The lowest BCUT2D eigenvalue weighted by molar-refractivity contribution is -0.139. The Balaban J connectivity index is 1.94. The number of benzene rings is 1. The predicted octanol–water partition coefficient (Wildman–Crippen LogP) is 3.14. The number of aryl methyl sites for hydroxylation is 1. The second-order valence-electron chi connectivity index (χ2n) is 7.66. The summed E-state index contributed by atoms with van der Waals surface area (Å²) in [5, 5.41) is 9.14. The summed E-state index contributed by atoms with van der Waals surface area (Å²) in [7, 11) is 1.54. The molecule has 0 saturated heterocycles. The highest BCUT2D eigenvalue weighted by Gasteiger charge is 2.34. The molecule has 0 radical (unpaired) electrons. The van der Waals surface area contributed by atoms with Gasteiger partial charge in [0.2, 0.25) is 0 Å². The maximum atomic E-state index is 12.8. The summed E-state index contributed by atoms with van der Waals surface area (Å²) in [4.78, 5) is 38.0. The Kier molecular flexibility index (Phi) is 7.37. The van der Waals surface area contributed by atoms with E-state index in [4.69, 9.17) is 18.7 Å². The quantitative estimate of drug-likeness (QED) is 0.579. The number of carbonyl (C=O) groups is 3. The minimum absolute atomic E-state index is 0.0823. The number of amides is 2. The van der Waals surface area contributed by atoms with Crippen molar-refractivity contribution in [2.45, 2.75) is 39.7 Å². The van der Waals surface area contributed by atoms with E-state index in [2.05, 4.69) is 15.8 Å². The van der Waals surface area contributed by atoms with Gasteiger partial charge in [-0.3, -0.25) is 0 Å². The molecule has 1 aromatic carbocycles. The average molecular weight is 457 g/mol. The first-order chi connectivity index (χ1) is 15.8. The van der Waals surface area contributed by atoms with Crippen molar-refractivity contribution in [2.24, 2.45) is 0 Å². The zero-order valence-corrected chi connectivity index (χ0v) is 19.2. The molecule has 0 fully saturated rings. The Morgan fingerprint density at radius 2 is 1.85 bits per heavy atom. The monoisotopic (exact) mass is 457 g/mol. The predicted molar refractivity (Wildman–Crippen MR) is 117 cm³/mol. The van der Waals surface area contributed by atoms with Crippen LogP contribution in [0, 0.1) is 6.92 Å². The summed E-state index contributed by atoms with van der Waals surface area (Å²) in [6, 6.07) is 5.54. The van der Waals surface area contributed by atoms with Crippen LogP contribution in [-0.4, -0.2) is 43.4 Å². The highest BCUT2D eigenvalue weighted by atomic mass is 16.5. The van der Waals surface area contributed by atoms with Crippen molar-refractivity contribution < 1.29 is 33.1 Å². The number of esters is 2. The second kappa shape index (κ2) is 10.2. The normalized spacial score (nSPS) is 15.7. The summed E-state index contributed by atoms with van der Waals surface area (Å²) in [6.07, 6.45) is 0. The molecule has 1 aromatic heterocycles. The molecule has 176 valence electrons. The Hall–Kier alpha value is -3.82. The fourth-order valence-corrected chi connectivity index (χ4v) is 3.47. The van der Waals surface area contributed by atoms with Gasteiger partial charge in [-0.1, -0.05) is 31.1 Å². The van der Waals surface area contributed by atoms with Crippen molar-refractivity contribution in [2.75, 3.05) is 20.3 Å². The van der Waals surface area contributed by atoms with E-state index in [1.165, 1.54) is 0 Å². The Morgan fingerprint density at radius 3 is 2.45 bits per heavy atom. The lowest BCUT2D eigenvalue weighted by atomic mass is 9.95. The van der Waals surface area contributed by atoms with Gasteiger partial charge in [0.15, 0.2) is 5.76 Å². The van der Waals surface area contributed by atoms with Gasteiger partial charge in [0.05, 0.1) is 36.7 Å². The van der Waals surface area contributed by atoms with Crippen molar-refractivity contribution in [1.29, 1.82) is 0 Å². The van der Waals surface area contributed by atoms with Gasteiger partial charge in [-0.25, -0.2) is 14.4 Å². The standard InChI is InChI=1S/C23H27N3O7/c1-6-31-22(28)18-16(11-32-21(27)17-13(4)26-33-20(17)12(2)3)24-23(29)25-19(18)14-7-9-15(30-5)10-8-14/h7-10,12,19H,6,11H2,1-5H3,(H2,24,25,29). The molecular weight excluding hydrogens is 430 g/mol. The molecule has 1 aliphatic heterocycles. The number of aromatic nitrogens is 1. The molecule has 10 nitrogen and oxygen atoms in total. The summed E-state index contributed by atoms with van der Waals surface area (Å²) < 4.78 is 21.1. The molecule has 1 atom stereocenters. The fourth-order valence-electron chi connectivity index (χ4n) is 3.47. The van der Waals surface area contributed by atoms with Gasteiger partial charge in [0, 0.05) is 5.92 Å². The van der Waals surface area contributed by atoms with Gasteiger partial charge >= 0.3 is 18.0 Å². The lowest BCUT2D eigenvalue weighted by Gasteiger charge is -2.29. The van der Waals surface area contributed by atoms with Crippen LogP contribution in [0.4, 0.5) is 4.79 Å². The summed E-state index contributed by atoms with van der Waals surface area (Å²) >= 11 is 0. The number of hydrogen-bond donors (Lipinski definition) is 2. The van der Waals surface area contributed by atoms with E-state index in [9.17, 15) is 14.4 Å². The van der Waals surface area contributed by atoms with E-state index in [1.807, 2.05) is 13.8 Å². The molecule has 1 unspecified atom stereocenters. The maximum Gasteiger partial charge on any atom is 0.344 e. The Labute approximate surface area is 191 Å². The topological polar surface area (TPSA) is 129 Å². The minimum Gasteiger partial charge on any atom is -0.497 e. The van der Waals surface area contributed by atoms with Crippen molar-refractivity contribution in [3.05, 3.63) is 58.1 Å². The van der Waals surface area contributed by atoms with Crippen LogP contribution in [0.15, 0.2) is 40.1 Å². The van der Waals surface area contributed by atoms with Gasteiger partial charge in [-0.2, -0.15) is 0 Å². The third kappa shape index (κ3) is 5.16. The number of urea groups is 1. The van der Waals surface area contributed by atoms with E-state index < -0.39 is 24.0 Å². The SMILES string of the molecule is CCOC(=O)C1=C(COC(=O)c2c(C)noc2C(C)C)NC(=O)NC1c1ccc(OC)cc1. The Bertz CT molecular complexity index is 1070. The van der Waals surface area contributed by atoms with Gasteiger partial charge in [0.25, 0.3) is 0 Å². The highest BCUT2D eigenvalue weighted by Crippen LogP contribution is 2.30. The first kappa shape index (κ1) is 23.8. The first-order valence-electron chi connectivity index (χ1n) is 10.5. The second-order valence-corrected chi connectivity index (χ2v) is 7.66. The molecule has 0 bridgehead atoms. The molecule has 33 heavy (non-hydrogen) atoms. The van der Waals surface area contributed by atoms with E-state index >= 15 is 0 Å². The first-order valence-corrected chi connectivity index (χ1v) is 10.5. The highest BCUT2D eigenvalue weighted by molar-refractivity contribution is 5.96. The molecule has 2 aromatic rings. The van der Waals surface area contributed by atoms with Crippen LogP contribution >= 0.6 is 0 Å². The van der Waals surface area contributed by atoms with E-state index in [1.54, 1.807) is 45.2 Å². The Morgan fingerprint density at radius 1 is 1.15 bits per heavy atom. The molecule has 0 saturated carbocycles. The van der Waals surface area contributed by atoms with Crippen LogP contribution in [0.25, 0.3) is 0 Å². The summed E-state index contributed by atoms with van der Waals surface area (Å²) in [5.41, 5.74) is 1.53. The molecule has 2 N–H and O–H groups in total. The summed E-state index contributed by atoms with van der Waals surface area (Å²) in [6.45, 7) is 6.83. The third-order valence-electron chi connectivity index (χ3n) is 5.06. The average Bonchev–Trinajstić information content (AvgIpc) is 3.19. The van der Waals surface area contributed by atoms with Crippen molar-refractivity contribution in [1.82, 2.24) is 15.8 Å². The molecule has 0 aliphatic carbocycles. The van der Waals surface area contributed by atoms with Gasteiger partial charge < -0.3 is 29.4 Å². The number of rotatable bonds is 8. The number of methoxy groups -OCH3 is 1. The fraction of sp³-hybridized carbons (Fsp3) is 0.391. The van der Waals surface area contributed by atoms with Crippen molar-refractivity contribution in [3.8, 4) is 5.75 Å². The lowest BCUT2D eigenvalue weighted by Crippen LogP contribution is -2.47. The minimum atomic E-state index is -0.805. The smallest absolute Gasteiger partial charge is 0.344 e. The maximum absolute atomic E-state index is 12.8. The number of nitrogens with one attached hydrogen (secondary N) is 2. The van der Waals surface area contributed by atoms with Crippen LogP contribution < -0.4 is 15.4 Å². The molecule has 0 spiro atoms. The van der Waals surface area contributed by atoms with Crippen LogP contribution in [0.3, 0.4) is 0 Å². The van der Waals surface area contributed by atoms with Crippen LogP contribution in [0.2, 0.25) is 0 Å². The number of ether oxygens (including phenoxy) is 3. The number of hydrogen-bond acceptors (Lipinski definition) is 8. The third-order valence-corrected chi connectivity index (χ3v) is 5.06. The molecule has 2 amide bonds. The van der Waals surface area contributed by atoms with Crippen molar-refractivity contribution >= 4 is 18.0 Å². The largest absolute Gasteiger partial charge is 0.497 e. The molecule has 3 rings (SSSR count). The number of carbonyl (C=O) groups excluding carboxylic acids is 3. The van der Waals surface area contributed by atoms with E-state index in [0.29, 0.717) is 22.8 Å².